The highest BCUT2D eigenvalue weighted by Gasteiger charge is 2.09. The maximum Gasteiger partial charge on any atom is 0.243 e. The van der Waals surface area contributed by atoms with Crippen molar-refractivity contribution in [2.75, 3.05) is 33.7 Å². The molecule has 8 heteroatoms. The fourth-order valence-electron chi connectivity index (χ4n) is 1.67. The molecule has 6 nitrogen and oxygen atoms in total. The topological polar surface area (TPSA) is 66.0 Å². The molecule has 2 N–H and O–H groups in total. The minimum absolute atomic E-state index is 0. The highest BCUT2D eigenvalue weighted by molar-refractivity contribution is 14.0. The number of benzene rings is 1. The van der Waals surface area contributed by atoms with Crippen LogP contribution in [0.25, 0.3) is 0 Å². The van der Waals surface area contributed by atoms with Crippen LogP contribution in [0, 0.1) is 0 Å². The SMILES string of the molecule is C=CCNC(=NCC(=O)N(C)C)NCC(C)Oc1ccccc1Br.I. The molecule has 0 saturated heterocycles. The summed E-state index contributed by atoms with van der Waals surface area (Å²) in [5.41, 5.74) is 0. The van der Waals surface area contributed by atoms with Crippen molar-refractivity contribution in [3.8, 4) is 5.75 Å². The number of rotatable bonds is 8. The summed E-state index contributed by atoms with van der Waals surface area (Å²) in [6.45, 7) is 6.81. The Labute approximate surface area is 175 Å². The number of carbonyl (C=O) groups excluding carboxylic acids is 1. The van der Waals surface area contributed by atoms with E-state index in [2.05, 4.69) is 38.1 Å². The average Bonchev–Trinajstić information content (AvgIpc) is 2.55. The number of aliphatic imine (C=N–C) groups is 1. The van der Waals surface area contributed by atoms with Crippen molar-refractivity contribution in [2.24, 2.45) is 4.99 Å². The van der Waals surface area contributed by atoms with Crippen molar-refractivity contribution >= 4 is 51.8 Å². The number of hydrogen-bond acceptors (Lipinski definition) is 3. The summed E-state index contributed by atoms with van der Waals surface area (Å²) >= 11 is 3.46. The first-order chi connectivity index (χ1) is 11.4. The first-order valence-electron chi connectivity index (χ1n) is 7.68. The van der Waals surface area contributed by atoms with Gasteiger partial charge in [0.1, 0.15) is 18.4 Å². The Morgan fingerprint density at radius 2 is 2.08 bits per heavy atom. The van der Waals surface area contributed by atoms with Gasteiger partial charge in [0.2, 0.25) is 5.91 Å². The van der Waals surface area contributed by atoms with Gasteiger partial charge in [0.25, 0.3) is 0 Å². The quantitative estimate of drug-likeness (QED) is 0.237. The molecule has 0 spiro atoms. The third-order valence-corrected chi connectivity index (χ3v) is 3.66. The van der Waals surface area contributed by atoms with Crippen molar-refractivity contribution in [1.29, 1.82) is 0 Å². The molecule has 1 aromatic rings. The summed E-state index contributed by atoms with van der Waals surface area (Å²) in [6.07, 6.45) is 1.65. The van der Waals surface area contributed by atoms with E-state index in [4.69, 9.17) is 4.74 Å². The zero-order valence-corrected chi connectivity index (χ0v) is 18.7. The maximum absolute atomic E-state index is 11.7. The fraction of sp³-hybridized carbons (Fsp3) is 0.412. The molecule has 0 aliphatic carbocycles. The van der Waals surface area contributed by atoms with E-state index in [0.717, 1.165) is 10.2 Å². The van der Waals surface area contributed by atoms with Gasteiger partial charge in [0.05, 0.1) is 11.0 Å². The van der Waals surface area contributed by atoms with E-state index >= 15 is 0 Å². The van der Waals surface area contributed by atoms with Crippen LogP contribution >= 0.6 is 39.9 Å². The van der Waals surface area contributed by atoms with E-state index < -0.39 is 0 Å². The zero-order chi connectivity index (χ0) is 17.9. The van der Waals surface area contributed by atoms with Crippen molar-refractivity contribution in [3.05, 3.63) is 41.4 Å². The van der Waals surface area contributed by atoms with E-state index in [1.54, 1.807) is 20.2 Å². The highest BCUT2D eigenvalue weighted by Crippen LogP contribution is 2.24. The lowest BCUT2D eigenvalue weighted by Crippen LogP contribution is -2.42. The molecular weight excluding hydrogens is 499 g/mol. The Hall–Kier alpha value is -1.29. The number of carbonyl (C=O) groups is 1. The smallest absolute Gasteiger partial charge is 0.243 e. The Bertz CT molecular complexity index is 582. The van der Waals surface area contributed by atoms with Gasteiger partial charge in [-0.1, -0.05) is 18.2 Å². The van der Waals surface area contributed by atoms with E-state index in [-0.39, 0.29) is 42.5 Å². The molecule has 25 heavy (non-hydrogen) atoms. The van der Waals surface area contributed by atoms with Crippen LogP contribution in [-0.2, 0) is 4.79 Å². The molecule has 1 amide bonds. The van der Waals surface area contributed by atoms with Crippen LogP contribution in [-0.4, -0.2) is 56.6 Å². The number of guanidine groups is 1. The molecule has 0 aliphatic rings. The van der Waals surface area contributed by atoms with Gasteiger partial charge >= 0.3 is 0 Å². The Kier molecular flexibility index (Phi) is 12.3. The van der Waals surface area contributed by atoms with Gasteiger partial charge in [-0.2, -0.15) is 0 Å². The fourth-order valence-corrected chi connectivity index (χ4v) is 2.05. The largest absolute Gasteiger partial charge is 0.488 e. The van der Waals surface area contributed by atoms with Crippen LogP contribution in [0.3, 0.4) is 0 Å². The molecule has 0 fully saturated rings. The summed E-state index contributed by atoms with van der Waals surface area (Å²) < 4.78 is 6.79. The highest BCUT2D eigenvalue weighted by atomic mass is 127. The Morgan fingerprint density at radius 3 is 2.68 bits per heavy atom. The summed E-state index contributed by atoms with van der Waals surface area (Å²) in [5.74, 6) is 1.27. The zero-order valence-electron chi connectivity index (χ0n) is 14.8. The molecule has 0 bridgehead atoms. The molecule has 0 aromatic heterocycles. The summed E-state index contributed by atoms with van der Waals surface area (Å²) in [6, 6.07) is 7.69. The van der Waals surface area contributed by atoms with Crippen LogP contribution < -0.4 is 15.4 Å². The van der Waals surface area contributed by atoms with E-state index in [0.29, 0.717) is 19.0 Å². The standard InChI is InChI=1S/C17H25BrN4O2.HI/c1-5-10-19-17(21-12-16(23)22(3)4)20-11-13(2)24-15-9-7-6-8-14(15)18;/h5-9,13H,1,10-12H2,2-4H3,(H2,19,20,21);1H. The van der Waals surface area contributed by atoms with Crippen molar-refractivity contribution < 1.29 is 9.53 Å². The minimum Gasteiger partial charge on any atom is -0.488 e. The molecule has 0 heterocycles. The molecule has 1 aromatic carbocycles. The van der Waals surface area contributed by atoms with Crippen LogP contribution in [0.5, 0.6) is 5.75 Å². The van der Waals surface area contributed by atoms with Gasteiger partial charge < -0.3 is 20.3 Å². The number of halogens is 2. The number of para-hydroxylation sites is 1. The van der Waals surface area contributed by atoms with Crippen molar-refractivity contribution in [3.63, 3.8) is 0 Å². The second-order valence-corrected chi connectivity index (χ2v) is 6.22. The number of hydrogen-bond donors (Lipinski definition) is 2. The second kappa shape index (κ2) is 13.0. The van der Waals surface area contributed by atoms with Gasteiger partial charge in [-0.3, -0.25) is 4.79 Å². The van der Waals surface area contributed by atoms with Gasteiger partial charge in [-0.25, -0.2) is 4.99 Å². The summed E-state index contributed by atoms with van der Waals surface area (Å²) in [4.78, 5) is 17.4. The molecule has 140 valence electrons. The van der Waals surface area contributed by atoms with E-state index in [1.807, 2.05) is 31.2 Å². The molecule has 1 atom stereocenters. The van der Waals surface area contributed by atoms with E-state index in [1.165, 1.54) is 4.90 Å². The monoisotopic (exact) mass is 524 g/mol. The van der Waals surface area contributed by atoms with Crippen LogP contribution in [0.15, 0.2) is 46.4 Å². The van der Waals surface area contributed by atoms with E-state index in [9.17, 15) is 4.79 Å². The number of amides is 1. The molecule has 1 unspecified atom stereocenters. The summed E-state index contributed by atoms with van der Waals surface area (Å²) in [7, 11) is 3.41. The first kappa shape index (κ1) is 23.7. The normalized spacial score (nSPS) is 11.8. The molecule has 0 aliphatic heterocycles. The first-order valence-corrected chi connectivity index (χ1v) is 8.47. The lowest BCUT2D eigenvalue weighted by molar-refractivity contribution is -0.127. The van der Waals surface area contributed by atoms with Crippen LogP contribution in [0.1, 0.15) is 6.92 Å². The van der Waals surface area contributed by atoms with Gasteiger partial charge in [0.15, 0.2) is 5.96 Å². The predicted molar refractivity (Wildman–Crippen MR) is 117 cm³/mol. The lowest BCUT2D eigenvalue weighted by Gasteiger charge is -2.18. The number of nitrogens with one attached hydrogen (secondary N) is 2. The van der Waals surface area contributed by atoms with Crippen LogP contribution in [0.2, 0.25) is 0 Å². The maximum atomic E-state index is 11.7. The predicted octanol–water partition coefficient (Wildman–Crippen LogP) is 2.64. The number of ether oxygens (including phenoxy) is 1. The molecular formula is C17H26BrIN4O2. The van der Waals surface area contributed by atoms with Crippen LogP contribution in [0.4, 0.5) is 0 Å². The molecule has 0 radical (unpaired) electrons. The molecule has 1 rings (SSSR count). The van der Waals surface area contributed by atoms with Crippen molar-refractivity contribution in [2.45, 2.75) is 13.0 Å². The Morgan fingerprint density at radius 1 is 1.40 bits per heavy atom. The second-order valence-electron chi connectivity index (χ2n) is 5.36. The van der Waals surface area contributed by atoms with Gasteiger partial charge in [-0.15, -0.1) is 30.6 Å². The third kappa shape index (κ3) is 9.69. The number of likely N-dealkylation sites (N-methyl/N-ethyl adjacent to an activating group) is 1. The van der Waals surface area contributed by atoms with Crippen molar-refractivity contribution in [1.82, 2.24) is 15.5 Å². The summed E-state index contributed by atoms with van der Waals surface area (Å²) in [5, 5.41) is 6.25. The lowest BCUT2D eigenvalue weighted by atomic mass is 10.3. The third-order valence-electron chi connectivity index (χ3n) is 3.01. The number of nitrogens with zero attached hydrogens (tertiary/aromatic N) is 2. The Balaban J connectivity index is 0.00000576. The average molecular weight is 525 g/mol. The van der Waals surface area contributed by atoms with Gasteiger partial charge in [-0.05, 0) is 35.0 Å². The molecule has 0 saturated carbocycles. The van der Waals surface area contributed by atoms with Gasteiger partial charge in [0, 0.05) is 20.6 Å². The minimum atomic E-state index is -0.0796.